The molecule has 1 amide bonds. The van der Waals surface area contributed by atoms with Gasteiger partial charge in [-0.05, 0) is 12.1 Å². The fraction of sp³-hybridized carbons (Fsp3) is 0.182. The van der Waals surface area contributed by atoms with Gasteiger partial charge >= 0.3 is 0 Å². The van der Waals surface area contributed by atoms with E-state index < -0.39 is 0 Å². The number of rotatable bonds is 4. The number of nitrogens with one attached hydrogen (secondary N) is 2. The van der Waals surface area contributed by atoms with E-state index in [1.807, 2.05) is 0 Å². The van der Waals surface area contributed by atoms with E-state index in [0.717, 1.165) is 0 Å². The van der Waals surface area contributed by atoms with Crippen molar-refractivity contribution in [1.82, 2.24) is 15.4 Å². The minimum Gasteiger partial charge on any atom is -0.497 e. The summed E-state index contributed by atoms with van der Waals surface area (Å²) in [5.74, 6) is 0.782. The van der Waals surface area contributed by atoms with Crippen LogP contribution in [0.3, 0.4) is 0 Å². The number of ether oxygens (including phenoxy) is 2. The van der Waals surface area contributed by atoms with Crippen molar-refractivity contribution in [3.8, 4) is 11.5 Å². The van der Waals surface area contributed by atoms with Gasteiger partial charge in [0.05, 0.1) is 26.1 Å². The van der Waals surface area contributed by atoms with Crippen molar-refractivity contribution in [2.24, 2.45) is 0 Å². The molecule has 1 aromatic carbocycles. The van der Waals surface area contributed by atoms with E-state index in [2.05, 4.69) is 20.7 Å². The Kier molecular flexibility index (Phi) is 3.42. The molecule has 2 rings (SSSR count). The van der Waals surface area contributed by atoms with Gasteiger partial charge in [-0.25, -0.2) is 0 Å². The third-order valence-corrected chi connectivity index (χ3v) is 2.30. The van der Waals surface area contributed by atoms with Crippen LogP contribution in [0.5, 0.6) is 11.5 Å². The van der Waals surface area contributed by atoms with Gasteiger partial charge in [-0.3, -0.25) is 4.79 Å². The van der Waals surface area contributed by atoms with Gasteiger partial charge in [0.25, 0.3) is 5.91 Å². The summed E-state index contributed by atoms with van der Waals surface area (Å²) in [4.78, 5) is 11.8. The number of carbonyl (C=O) groups is 1. The summed E-state index contributed by atoms with van der Waals surface area (Å²) in [5, 5.41) is 12.3. The molecule has 7 heteroatoms. The molecule has 18 heavy (non-hydrogen) atoms. The summed E-state index contributed by atoms with van der Waals surface area (Å²) in [7, 11) is 3.07. The Morgan fingerprint density at radius 3 is 2.78 bits per heavy atom. The van der Waals surface area contributed by atoms with Crippen LogP contribution in [-0.4, -0.2) is 35.5 Å². The molecule has 0 aliphatic carbocycles. The molecule has 0 saturated carbocycles. The normalized spacial score (nSPS) is 9.89. The zero-order valence-corrected chi connectivity index (χ0v) is 9.93. The molecular formula is C11H12N4O3. The van der Waals surface area contributed by atoms with E-state index in [9.17, 15) is 4.79 Å². The lowest BCUT2D eigenvalue weighted by Gasteiger charge is -2.10. The van der Waals surface area contributed by atoms with E-state index in [-0.39, 0.29) is 11.6 Å². The fourth-order valence-electron chi connectivity index (χ4n) is 1.40. The van der Waals surface area contributed by atoms with E-state index >= 15 is 0 Å². The highest BCUT2D eigenvalue weighted by atomic mass is 16.5. The van der Waals surface area contributed by atoms with E-state index in [4.69, 9.17) is 9.47 Å². The van der Waals surface area contributed by atoms with Crippen molar-refractivity contribution in [1.29, 1.82) is 0 Å². The number of hydrogen-bond acceptors (Lipinski definition) is 5. The van der Waals surface area contributed by atoms with Crippen LogP contribution in [0.15, 0.2) is 24.4 Å². The SMILES string of the molecule is COc1ccc(NC(=O)c2cn[nH]n2)c(OC)c1. The van der Waals surface area contributed by atoms with Crippen LogP contribution in [0.1, 0.15) is 10.5 Å². The van der Waals surface area contributed by atoms with Crippen LogP contribution in [0.4, 0.5) is 5.69 Å². The van der Waals surface area contributed by atoms with Crippen molar-refractivity contribution in [3.63, 3.8) is 0 Å². The van der Waals surface area contributed by atoms with Gasteiger partial charge in [0.2, 0.25) is 0 Å². The Morgan fingerprint density at radius 1 is 1.33 bits per heavy atom. The molecule has 1 aromatic heterocycles. The first-order valence-electron chi connectivity index (χ1n) is 5.13. The minimum absolute atomic E-state index is 0.202. The summed E-state index contributed by atoms with van der Waals surface area (Å²) in [5.41, 5.74) is 0.735. The van der Waals surface area contributed by atoms with Crippen LogP contribution in [-0.2, 0) is 0 Å². The maximum atomic E-state index is 11.8. The minimum atomic E-state index is -0.368. The number of hydrogen-bond donors (Lipinski definition) is 2. The second kappa shape index (κ2) is 5.17. The molecule has 0 bridgehead atoms. The first kappa shape index (κ1) is 11.9. The Labute approximate surface area is 103 Å². The van der Waals surface area contributed by atoms with Crippen molar-refractivity contribution in [3.05, 3.63) is 30.1 Å². The summed E-state index contributed by atoms with van der Waals surface area (Å²) in [6.07, 6.45) is 1.34. The van der Waals surface area contributed by atoms with Crippen molar-refractivity contribution in [2.75, 3.05) is 19.5 Å². The monoisotopic (exact) mass is 248 g/mol. The highest BCUT2D eigenvalue weighted by Crippen LogP contribution is 2.29. The lowest BCUT2D eigenvalue weighted by molar-refractivity contribution is 0.102. The molecule has 0 spiro atoms. The number of carbonyl (C=O) groups excluding carboxylic acids is 1. The first-order chi connectivity index (χ1) is 8.74. The van der Waals surface area contributed by atoms with Crippen LogP contribution >= 0.6 is 0 Å². The Hall–Kier alpha value is -2.57. The molecule has 0 fully saturated rings. The lowest BCUT2D eigenvalue weighted by Crippen LogP contribution is -2.13. The number of nitrogens with zero attached hydrogens (tertiary/aromatic N) is 2. The molecule has 7 nitrogen and oxygen atoms in total. The van der Waals surface area contributed by atoms with E-state index in [1.54, 1.807) is 25.3 Å². The summed E-state index contributed by atoms with van der Waals surface area (Å²) >= 11 is 0. The molecule has 2 N–H and O–H groups in total. The van der Waals surface area contributed by atoms with Gasteiger partial charge in [0, 0.05) is 6.07 Å². The highest BCUT2D eigenvalue weighted by Gasteiger charge is 2.12. The average molecular weight is 248 g/mol. The van der Waals surface area contributed by atoms with Gasteiger partial charge in [-0.2, -0.15) is 15.4 Å². The average Bonchev–Trinajstić information content (AvgIpc) is 2.93. The zero-order chi connectivity index (χ0) is 13.0. The number of anilines is 1. The lowest BCUT2D eigenvalue weighted by atomic mass is 10.2. The molecule has 94 valence electrons. The Bertz CT molecular complexity index is 539. The first-order valence-corrected chi connectivity index (χ1v) is 5.13. The number of benzene rings is 1. The zero-order valence-electron chi connectivity index (χ0n) is 9.93. The highest BCUT2D eigenvalue weighted by molar-refractivity contribution is 6.03. The summed E-state index contributed by atoms with van der Waals surface area (Å²) in [6.45, 7) is 0. The third-order valence-electron chi connectivity index (χ3n) is 2.30. The number of H-pyrrole nitrogens is 1. The quantitative estimate of drug-likeness (QED) is 0.844. The topological polar surface area (TPSA) is 89.1 Å². The molecule has 0 aliphatic heterocycles. The fourth-order valence-corrected chi connectivity index (χ4v) is 1.40. The third kappa shape index (κ3) is 2.40. The largest absolute Gasteiger partial charge is 0.497 e. The molecule has 2 aromatic rings. The van der Waals surface area contributed by atoms with Gasteiger partial charge in [-0.15, -0.1) is 0 Å². The number of amides is 1. The smallest absolute Gasteiger partial charge is 0.277 e. The number of methoxy groups -OCH3 is 2. The Balaban J connectivity index is 2.21. The van der Waals surface area contributed by atoms with Crippen LogP contribution in [0.25, 0.3) is 0 Å². The maximum Gasteiger partial charge on any atom is 0.277 e. The van der Waals surface area contributed by atoms with Crippen LogP contribution in [0, 0.1) is 0 Å². The molecule has 0 aliphatic rings. The van der Waals surface area contributed by atoms with Crippen molar-refractivity contribution in [2.45, 2.75) is 0 Å². The molecule has 0 atom stereocenters. The van der Waals surface area contributed by atoms with Gasteiger partial charge in [-0.1, -0.05) is 0 Å². The van der Waals surface area contributed by atoms with Crippen molar-refractivity contribution < 1.29 is 14.3 Å². The Morgan fingerprint density at radius 2 is 2.17 bits per heavy atom. The molecule has 0 saturated heterocycles. The van der Waals surface area contributed by atoms with Crippen molar-refractivity contribution >= 4 is 11.6 Å². The maximum absolute atomic E-state index is 11.8. The molecule has 0 radical (unpaired) electrons. The molecule has 1 heterocycles. The standard InChI is InChI=1S/C11H12N4O3/c1-17-7-3-4-8(10(5-7)18-2)13-11(16)9-6-12-15-14-9/h3-6H,1-2H3,(H,13,16)(H,12,14,15). The molecule has 0 unspecified atom stereocenters. The second-order valence-electron chi connectivity index (χ2n) is 3.38. The second-order valence-corrected chi connectivity index (χ2v) is 3.38. The summed E-state index contributed by atoms with van der Waals surface area (Å²) < 4.78 is 10.2. The number of aromatic amines is 1. The number of aromatic nitrogens is 3. The predicted molar refractivity (Wildman–Crippen MR) is 63.9 cm³/mol. The van der Waals surface area contributed by atoms with Crippen LogP contribution < -0.4 is 14.8 Å². The van der Waals surface area contributed by atoms with Crippen LogP contribution in [0.2, 0.25) is 0 Å². The van der Waals surface area contributed by atoms with Gasteiger partial charge in [0.1, 0.15) is 11.5 Å². The van der Waals surface area contributed by atoms with E-state index in [1.165, 1.54) is 13.3 Å². The van der Waals surface area contributed by atoms with Gasteiger partial charge in [0.15, 0.2) is 5.69 Å². The molecular weight excluding hydrogens is 236 g/mol. The summed E-state index contributed by atoms with van der Waals surface area (Å²) in [6, 6.07) is 5.09. The van der Waals surface area contributed by atoms with E-state index in [0.29, 0.717) is 17.2 Å². The predicted octanol–water partition coefficient (Wildman–Crippen LogP) is 1.07. The van der Waals surface area contributed by atoms with Gasteiger partial charge < -0.3 is 14.8 Å².